The largest absolute Gasteiger partial charge is 0.381 e. The topological polar surface area (TPSA) is 62.2 Å². The number of halogens is 1. The zero-order valence-corrected chi connectivity index (χ0v) is 11.9. The molecular formula is C12H20ClN5O. The van der Waals surface area contributed by atoms with Crippen molar-refractivity contribution in [2.75, 3.05) is 44.6 Å². The third-order valence-corrected chi connectivity index (χ3v) is 3.60. The molecule has 7 heteroatoms. The molecule has 6 nitrogen and oxygen atoms in total. The van der Waals surface area contributed by atoms with E-state index in [1.54, 1.807) is 6.20 Å². The lowest BCUT2D eigenvalue weighted by Crippen LogP contribution is -2.45. The normalized spacial score (nSPS) is 16.5. The van der Waals surface area contributed by atoms with Crippen LogP contribution in [0.2, 0.25) is 5.02 Å². The molecule has 1 aliphatic heterocycles. The Labute approximate surface area is 117 Å². The van der Waals surface area contributed by atoms with E-state index in [-0.39, 0.29) is 10.6 Å². The SMILES string of the molecule is CCn1ncc(NCCN2CCNCC2)c(Cl)c1=O. The highest BCUT2D eigenvalue weighted by molar-refractivity contribution is 6.32. The van der Waals surface area contributed by atoms with E-state index in [0.717, 1.165) is 39.3 Å². The molecule has 0 aliphatic carbocycles. The maximum Gasteiger partial charge on any atom is 0.287 e. The Morgan fingerprint density at radius 2 is 2.21 bits per heavy atom. The first-order chi connectivity index (χ1) is 9.22. The molecule has 0 spiro atoms. The third kappa shape index (κ3) is 3.68. The molecule has 2 heterocycles. The Bertz CT molecular complexity index is 470. The van der Waals surface area contributed by atoms with Gasteiger partial charge < -0.3 is 10.6 Å². The molecule has 1 aliphatic rings. The van der Waals surface area contributed by atoms with Gasteiger partial charge in [0.25, 0.3) is 5.56 Å². The van der Waals surface area contributed by atoms with E-state index in [0.29, 0.717) is 12.2 Å². The number of hydrogen-bond acceptors (Lipinski definition) is 5. The van der Waals surface area contributed by atoms with Gasteiger partial charge in [0, 0.05) is 45.8 Å². The lowest BCUT2D eigenvalue weighted by Gasteiger charge is -2.27. The van der Waals surface area contributed by atoms with Crippen LogP contribution in [0.25, 0.3) is 0 Å². The third-order valence-electron chi connectivity index (χ3n) is 3.24. The molecule has 0 unspecified atom stereocenters. The summed E-state index contributed by atoms with van der Waals surface area (Å²) in [7, 11) is 0. The van der Waals surface area contributed by atoms with Gasteiger partial charge in [-0.1, -0.05) is 11.6 Å². The van der Waals surface area contributed by atoms with Crippen molar-refractivity contribution in [1.82, 2.24) is 20.0 Å². The number of piperazine rings is 1. The molecule has 2 N–H and O–H groups in total. The predicted octanol–water partition coefficient (Wildman–Crippen LogP) is 0.234. The molecule has 0 amide bonds. The highest BCUT2D eigenvalue weighted by Crippen LogP contribution is 2.14. The van der Waals surface area contributed by atoms with Gasteiger partial charge >= 0.3 is 0 Å². The van der Waals surface area contributed by atoms with Crippen molar-refractivity contribution in [2.24, 2.45) is 0 Å². The molecule has 1 aromatic rings. The molecule has 0 aromatic carbocycles. The van der Waals surface area contributed by atoms with E-state index in [1.165, 1.54) is 4.68 Å². The molecule has 0 bridgehead atoms. The Morgan fingerprint density at radius 1 is 1.47 bits per heavy atom. The number of aromatic nitrogens is 2. The smallest absolute Gasteiger partial charge is 0.287 e. The van der Waals surface area contributed by atoms with Gasteiger partial charge in [-0.15, -0.1) is 0 Å². The van der Waals surface area contributed by atoms with Gasteiger partial charge in [0.15, 0.2) is 0 Å². The molecule has 106 valence electrons. The minimum Gasteiger partial charge on any atom is -0.381 e. The van der Waals surface area contributed by atoms with Gasteiger partial charge in [-0.3, -0.25) is 9.69 Å². The molecule has 0 radical (unpaired) electrons. The van der Waals surface area contributed by atoms with E-state index in [1.807, 2.05) is 6.92 Å². The van der Waals surface area contributed by atoms with Gasteiger partial charge in [-0.05, 0) is 6.92 Å². The number of nitrogens with zero attached hydrogens (tertiary/aromatic N) is 3. The summed E-state index contributed by atoms with van der Waals surface area (Å²) in [6, 6.07) is 0. The van der Waals surface area contributed by atoms with E-state index in [2.05, 4.69) is 20.6 Å². The Kier molecular flexibility index (Phi) is 5.18. The van der Waals surface area contributed by atoms with Crippen molar-refractivity contribution in [3.8, 4) is 0 Å². The molecule has 19 heavy (non-hydrogen) atoms. The fraction of sp³-hybridized carbons (Fsp3) is 0.667. The van der Waals surface area contributed by atoms with Crippen molar-refractivity contribution in [3.05, 3.63) is 21.6 Å². The summed E-state index contributed by atoms with van der Waals surface area (Å²) in [4.78, 5) is 14.2. The van der Waals surface area contributed by atoms with Crippen LogP contribution >= 0.6 is 11.6 Å². The van der Waals surface area contributed by atoms with Crippen LogP contribution < -0.4 is 16.2 Å². The fourth-order valence-electron chi connectivity index (χ4n) is 2.10. The van der Waals surface area contributed by atoms with Crippen LogP contribution in [0.1, 0.15) is 6.92 Å². The molecule has 1 saturated heterocycles. The average Bonchev–Trinajstić information content (AvgIpc) is 2.45. The summed E-state index contributed by atoms with van der Waals surface area (Å²) in [6.45, 7) is 8.29. The zero-order valence-electron chi connectivity index (χ0n) is 11.2. The van der Waals surface area contributed by atoms with Gasteiger partial charge in [0.05, 0.1) is 11.9 Å². The standard InChI is InChI=1S/C12H20ClN5O/c1-2-18-12(19)11(13)10(9-16-18)15-5-8-17-6-3-14-4-7-17/h9,14-15H,2-8H2,1H3. The molecule has 1 aromatic heterocycles. The van der Waals surface area contributed by atoms with Crippen LogP contribution in [0.4, 0.5) is 5.69 Å². The highest BCUT2D eigenvalue weighted by Gasteiger charge is 2.10. The van der Waals surface area contributed by atoms with Gasteiger partial charge in [0.1, 0.15) is 5.02 Å². The second-order valence-electron chi connectivity index (χ2n) is 4.51. The van der Waals surface area contributed by atoms with Crippen LogP contribution in [0.3, 0.4) is 0 Å². The number of nitrogens with one attached hydrogen (secondary N) is 2. The molecular weight excluding hydrogens is 266 g/mol. The second kappa shape index (κ2) is 6.88. The quantitative estimate of drug-likeness (QED) is 0.811. The molecule has 0 saturated carbocycles. The molecule has 1 fully saturated rings. The number of hydrogen-bond donors (Lipinski definition) is 2. The van der Waals surface area contributed by atoms with Crippen LogP contribution in [-0.4, -0.2) is 53.9 Å². The van der Waals surface area contributed by atoms with Crippen LogP contribution in [0.5, 0.6) is 0 Å². The Balaban J connectivity index is 1.89. The van der Waals surface area contributed by atoms with Crippen molar-refractivity contribution in [2.45, 2.75) is 13.5 Å². The van der Waals surface area contributed by atoms with Gasteiger partial charge in [-0.25, -0.2) is 4.68 Å². The highest BCUT2D eigenvalue weighted by atomic mass is 35.5. The summed E-state index contributed by atoms with van der Waals surface area (Å²) >= 11 is 6.04. The van der Waals surface area contributed by atoms with Crippen LogP contribution in [0, 0.1) is 0 Å². The van der Waals surface area contributed by atoms with E-state index in [9.17, 15) is 4.79 Å². The fourth-order valence-corrected chi connectivity index (χ4v) is 2.31. The minimum absolute atomic E-state index is 0.220. The Hall–Kier alpha value is -1.11. The average molecular weight is 286 g/mol. The molecule has 2 rings (SSSR count). The van der Waals surface area contributed by atoms with Gasteiger partial charge in [0.2, 0.25) is 0 Å². The summed E-state index contributed by atoms with van der Waals surface area (Å²) in [6.07, 6.45) is 1.62. The monoisotopic (exact) mass is 285 g/mol. The first-order valence-electron chi connectivity index (χ1n) is 6.65. The van der Waals surface area contributed by atoms with Gasteiger partial charge in [-0.2, -0.15) is 5.10 Å². The van der Waals surface area contributed by atoms with E-state index >= 15 is 0 Å². The first-order valence-corrected chi connectivity index (χ1v) is 7.02. The van der Waals surface area contributed by atoms with Crippen LogP contribution in [0.15, 0.2) is 11.0 Å². The summed E-state index contributed by atoms with van der Waals surface area (Å²) in [5.41, 5.74) is 0.378. The number of rotatable bonds is 5. The number of aryl methyl sites for hydroxylation is 1. The first kappa shape index (κ1) is 14.3. The predicted molar refractivity (Wildman–Crippen MR) is 77.0 cm³/mol. The van der Waals surface area contributed by atoms with Crippen LogP contribution in [-0.2, 0) is 6.54 Å². The summed E-state index contributed by atoms with van der Waals surface area (Å²) in [5.74, 6) is 0. The summed E-state index contributed by atoms with van der Waals surface area (Å²) in [5, 5.41) is 10.8. The van der Waals surface area contributed by atoms with E-state index < -0.39 is 0 Å². The van der Waals surface area contributed by atoms with Crippen molar-refractivity contribution in [3.63, 3.8) is 0 Å². The van der Waals surface area contributed by atoms with Crippen molar-refractivity contribution < 1.29 is 0 Å². The lowest BCUT2D eigenvalue weighted by atomic mass is 10.3. The summed E-state index contributed by atoms with van der Waals surface area (Å²) < 4.78 is 1.35. The maximum absolute atomic E-state index is 11.8. The second-order valence-corrected chi connectivity index (χ2v) is 4.89. The molecule has 0 atom stereocenters. The Morgan fingerprint density at radius 3 is 2.89 bits per heavy atom. The zero-order chi connectivity index (χ0) is 13.7. The lowest BCUT2D eigenvalue weighted by molar-refractivity contribution is 0.249. The minimum atomic E-state index is -0.240. The number of anilines is 1. The maximum atomic E-state index is 11.8. The van der Waals surface area contributed by atoms with Crippen molar-refractivity contribution in [1.29, 1.82) is 0 Å². The van der Waals surface area contributed by atoms with E-state index in [4.69, 9.17) is 11.6 Å². The van der Waals surface area contributed by atoms with Crippen molar-refractivity contribution >= 4 is 17.3 Å².